The van der Waals surface area contributed by atoms with Gasteiger partial charge >= 0.3 is 0 Å². The fraction of sp³-hybridized carbons (Fsp3) is 0.559. The van der Waals surface area contributed by atoms with Crippen molar-refractivity contribution in [2.45, 2.75) is 90.5 Å². The maximum absolute atomic E-state index is 14.5. The van der Waals surface area contributed by atoms with Crippen LogP contribution in [0, 0.1) is 17.6 Å². The highest BCUT2D eigenvalue weighted by molar-refractivity contribution is 5.96. The molecular weight excluding hydrogens is 538 g/mol. The van der Waals surface area contributed by atoms with Crippen LogP contribution >= 0.6 is 0 Å². The van der Waals surface area contributed by atoms with E-state index in [2.05, 4.69) is 11.8 Å². The molecule has 2 fully saturated rings. The summed E-state index contributed by atoms with van der Waals surface area (Å²) in [6, 6.07) is 7.67. The minimum absolute atomic E-state index is 0.158. The average Bonchev–Trinajstić information content (AvgIpc) is 3.55. The lowest BCUT2D eigenvalue weighted by Gasteiger charge is -2.39. The van der Waals surface area contributed by atoms with Gasteiger partial charge in [0.05, 0.1) is 7.11 Å². The van der Waals surface area contributed by atoms with Gasteiger partial charge in [-0.3, -0.25) is 9.69 Å². The molecule has 0 bridgehead atoms. The van der Waals surface area contributed by atoms with Crippen molar-refractivity contribution < 1.29 is 27.8 Å². The lowest BCUT2D eigenvalue weighted by atomic mass is 9.83. The van der Waals surface area contributed by atoms with Crippen molar-refractivity contribution in [3.05, 3.63) is 58.7 Å². The van der Waals surface area contributed by atoms with Crippen LogP contribution in [0.4, 0.5) is 8.78 Å². The smallest absolute Gasteiger partial charge is 0.254 e. The molecule has 228 valence electrons. The second-order valence-corrected chi connectivity index (χ2v) is 12.6. The lowest BCUT2D eigenvalue weighted by Crippen LogP contribution is -2.48. The molecule has 0 spiro atoms. The maximum Gasteiger partial charge on any atom is 0.254 e. The second-order valence-electron chi connectivity index (χ2n) is 12.6. The van der Waals surface area contributed by atoms with E-state index in [0.29, 0.717) is 53.4 Å². The molecule has 2 atom stereocenters. The van der Waals surface area contributed by atoms with Crippen LogP contribution in [0.25, 0.3) is 6.08 Å². The zero-order valence-corrected chi connectivity index (χ0v) is 25.6. The number of methoxy groups -OCH3 is 1. The highest BCUT2D eigenvalue weighted by Gasteiger charge is 2.37. The van der Waals surface area contributed by atoms with Crippen LogP contribution in [-0.2, 0) is 0 Å². The van der Waals surface area contributed by atoms with Gasteiger partial charge in [-0.1, -0.05) is 30.9 Å². The molecular formula is C34H44F2N2O4. The molecule has 8 heteroatoms. The van der Waals surface area contributed by atoms with Gasteiger partial charge in [-0.05, 0) is 76.3 Å². The third-order valence-corrected chi connectivity index (χ3v) is 8.99. The van der Waals surface area contributed by atoms with Crippen molar-refractivity contribution >= 4 is 12.0 Å². The van der Waals surface area contributed by atoms with Gasteiger partial charge in [0.15, 0.2) is 11.5 Å². The summed E-state index contributed by atoms with van der Waals surface area (Å²) in [6.45, 7) is 9.74. The molecule has 2 aromatic carbocycles. The number of benzene rings is 2. The second kappa shape index (κ2) is 12.6. The average molecular weight is 583 g/mol. The quantitative estimate of drug-likeness (QED) is 0.307. The Bertz CT molecular complexity index is 1320. The number of rotatable bonds is 9. The summed E-state index contributed by atoms with van der Waals surface area (Å²) in [4.78, 5) is 18.7. The summed E-state index contributed by atoms with van der Waals surface area (Å²) in [5.41, 5.74) is 1.53. The van der Waals surface area contributed by atoms with E-state index in [4.69, 9.17) is 14.2 Å². The normalized spacial score (nSPS) is 21.4. The Hall–Kier alpha value is -3.13. The fourth-order valence-electron chi connectivity index (χ4n) is 6.92. The van der Waals surface area contributed by atoms with E-state index in [9.17, 15) is 13.6 Å². The predicted octanol–water partition coefficient (Wildman–Crippen LogP) is 7.46. The zero-order valence-electron chi connectivity index (χ0n) is 25.6. The van der Waals surface area contributed by atoms with Crippen LogP contribution in [0.5, 0.6) is 17.2 Å². The van der Waals surface area contributed by atoms with Gasteiger partial charge in [-0.25, -0.2) is 8.78 Å². The van der Waals surface area contributed by atoms with Crippen LogP contribution in [0.15, 0.2) is 35.9 Å². The first-order valence-electron chi connectivity index (χ1n) is 15.3. The number of ether oxygens (including phenoxy) is 3. The first-order valence-corrected chi connectivity index (χ1v) is 15.3. The first kappa shape index (κ1) is 30.3. The van der Waals surface area contributed by atoms with Gasteiger partial charge in [0, 0.05) is 56.2 Å². The summed E-state index contributed by atoms with van der Waals surface area (Å²) in [6.07, 6.45) is 10.3. The summed E-state index contributed by atoms with van der Waals surface area (Å²) >= 11 is 0. The van der Waals surface area contributed by atoms with Crippen molar-refractivity contribution in [2.75, 3.05) is 26.7 Å². The number of carbonyl (C=O) groups excluding carboxylic acids is 1. The highest BCUT2D eigenvalue weighted by Crippen LogP contribution is 2.47. The van der Waals surface area contributed by atoms with Crippen LogP contribution in [0.2, 0.25) is 0 Å². The molecule has 2 aliphatic heterocycles. The molecule has 1 amide bonds. The third kappa shape index (κ3) is 6.74. The summed E-state index contributed by atoms with van der Waals surface area (Å²) in [7, 11) is 1.55. The molecule has 0 aromatic heterocycles. The zero-order chi connectivity index (χ0) is 30.0. The molecule has 1 aliphatic carbocycles. The van der Waals surface area contributed by atoms with Crippen molar-refractivity contribution in [3.8, 4) is 17.2 Å². The predicted molar refractivity (Wildman–Crippen MR) is 160 cm³/mol. The molecule has 0 N–H and O–H groups in total. The van der Waals surface area contributed by atoms with Crippen molar-refractivity contribution in [1.29, 1.82) is 0 Å². The van der Waals surface area contributed by atoms with Crippen LogP contribution in [0.1, 0.15) is 88.6 Å². The summed E-state index contributed by atoms with van der Waals surface area (Å²) in [5.74, 6) is -0.188. The lowest BCUT2D eigenvalue weighted by molar-refractivity contribution is -0.0439. The topological polar surface area (TPSA) is 51.2 Å². The van der Waals surface area contributed by atoms with Gasteiger partial charge in [0.25, 0.3) is 5.91 Å². The van der Waals surface area contributed by atoms with E-state index in [-0.39, 0.29) is 11.9 Å². The number of hydrogen-bond donors (Lipinski definition) is 0. The van der Waals surface area contributed by atoms with Gasteiger partial charge in [0.2, 0.25) is 11.5 Å². The number of amides is 1. The molecule has 42 heavy (non-hydrogen) atoms. The van der Waals surface area contributed by atoms with Gasteiger partial charge in [-0.15, -0.1) is 0 Å². The number of halogens is 2. The van der Waals surface area contributed by atoms with Crippen molar-refractivity contribution in [1.82, 2.24) is 9.80 Å². The Morgan fingerprint density at radius 1 is 1.12 bits per heavy atom. The van der Waals surface area contributed by atoms with Crippen LogP contribution in [-0.4, -0.2) is 60.3 Å². The minimum atomic E-state index is -0.866. The largest absolute Gasteiger partial charge is 0.493 e. The number of hydrogen-bond acceptors (Lipinski definition) is 5. The van der Waals surface area contributed by atoms with Gasteiger partial charge < -0.3 is 19.1 Å². The van der Waals surface area contributed by atoms with E-state index in [1.54, 1.807) is 25.3 Å². The van der Waals surface area contributed by atoms with E-state index in [0.717, 1.165) is 31.0 Å². The van der Waals surface area contributed by atoms with Crippen molar-refractivity contribution in [3.63, 3.8) is 0 Å². The molecule has 1 saturated carbocycles. The Morgan fingerprint density at radius 3 is 2.60 bits per heavy atom. The molecule has 1 saturated heterocycles. The molecule has 1 unspecified atom stereocenters. The highest BCUT2D eigenvalue weighted by atomic mass is 19.1. The molecule has 6 nitrogen and oxygen atoms in total. The molecule has 2 aromatic rings. The van der Waals surface area contributed by atoms with Gasteiger partial charge in [-0.2, -0.15) is 0 Å². The van der Waals surface area contributed by atoms with E-state index >= 15 is 0 Å². The number of likely N-dealkylation sites (tertiary alicyclic amines) is 1. The monoisotopic (exact) mass is 582 g/mol. The third-order valence-electron chi connectivity index (χ3n) is 8.99. The Morgan fingerprint density at radius 2 is 1.88 bits per heavy atom. The fourth-order valence-corrected chi connectivity index (χ4v) is 6.92. The number of carbonyl (C=O) groups is 1. The van der Waals surface area contributed by atoms with E-state index in [1.165, 1.54) is 44.2 Å². The maximum atomic E-state index is 14.5. The van der Waals surface area contributed by atoms with E-state index in [1.807, 2.05) is 25.7 Å². The van der Waals surface area contributed by atoms with Gasteiger partial charge in [0.1, 0.15) is 11.6 Å². The van der Waals surface area contributed by atoms with Crippen LogP contribution < -0.4 is 14.2 Å². The Balaban J connectivity index is 1.43. The standard InChI is InChI=1S/C34H44F2N2O4/c1-22(16-25-13-14-27(35)19-29(25)36)20-37(21-28-12-9-15-38(28)23(2)24-10-7-6-8-11-24)33(39)26-17-30(40-5)32-31(18-26)41-34(3,4)42-32/h13-14,16-19,23-24,28H,6-12,15,20-21H2,1-5H3/b22-16+/t23?,28-/m0/s1. The van der Waals surface area contributed by atoms with Crippen LogP contribution in [0.3, 0.4) is 0 Å². The van der Waals surface area contributed by atoms with E-state index < -0.39 is 17.4 Å². The molecule has 2 heterocycles. The summed E-state index contributed by atoms with van der Waals surface area (Å²) in [5, 5.41) is 0. The first-order chi connectivity index (χ1) is 20.0. The molecule has 0 radical (unpaired) electrons. The van der Waals surface area contributed by atoms with Crippen molar-refractivity contribution in [2.24, 2.45) is 5.92 Å². The summed E-state index contributed by atoms with van der Waals surface area (Å²) < 4.78 is 45.5. The Labute approximate surface area is 248 Å². The minimum Gasteiger partial charge on any atom is -0.493 e. The molecule has 5 rings (SSSR count). The number of fused-ring (bicyclic) bond motifs is 1. The SMILES string of the molecule is COc1cc(C(=O)N(C/C(C)=C/c2ccc(F)cc2F)C[C@@H]2CCCN2C(C)C2CCCCC2)cc2c1OC(C)(C)O2. The molecule has 3 aliphatic rings. The Kier molecular flexibility index (Phi) is 9.11. The number of nitrogens with zero attached hydrogens (tertiary/aromatic N) is 2.